The summed E-state index contributed by atoms with van der Waals surface area (Å²) in [6.07, 6.45) is 1.40. The van der Waals surface area contributed by atoms with E-state index in [-0.39, 0.29) is 11.4 Å². The highest BCUT2D eigenvalue weighted by Gasteiger charge is 2.27. The van der Waals surface area contributed by atoms with Crippen LogP contribution in [0.15, 0.2) is 41.6 Å². The molecule has 0 bridgehead atoms. The van der Waals surface area contributed by atoms with Gasteiger partial charge in [0, 0.05) is 13.2 Å². The van der Waals surface area contributed by atoms with E-state index in [4.69, 9.17) is 0 Å². The predicted molar refractivity (Wildman–Crippen MR) is 79.8 cm³/mol. The molecule has 0 spiro atoms. The van der Waals surface area contributed by atoms with E-state index in [2.05, 4.69) is 9.71 Å². The highest BCUT2D eigenvalue weighted by Crippen LogP contribution is 2.10. The van der Waals surface area contributed by atoms with Crippen LogP contribution >= 0.6 is 0 Å². The lowest BCUT2D eigenvalue weighted by atomic mass is 10.1. The Morgan fingerprint density at radius 3 is 2.50 bits per heavy atom. The third-order valence-electron chi connectivity index (χ3n) is 3.24. The van der Waals surface area contributed by atoms with E-state index >= 15 is 0 Å². The van der Waals surface area contributed by atoms with Crippen molar-refractivity contribution in [1.82, 2.24) is 14.3 Å². The van der Waals surface area contributed by atoms with E-state index < -0.39 is 22.0 Å². The van der Waals surface area contributed by atoms with Crippen LogP contribution in [0.1, 0.15) is 11.4 Å². The van der Waals surface area contributed by atoms with Crippen LogP contribution in [-0.2, 0) is 28.3 Å². The molecule has 0 saturated heterocycles. The molecule has 2 N–H and O–H groups in total. The van der Waals surface area contributed by atoms with E-state index in [1.54, 1.807) is 48.9 Å². The number of benzene rings is 1. The summed E-state index contributed by atoms with van der Waals surface area (Å²) in [7, 11) is -2.32. The van der Waals surface area contributed by atoms with Crippen molar-refractivity contribution in [2.75, 3.05) is 0 Å². The fraction of sp³-hybridized carbons (Fsp3) is 0.286. The van der Waals surface area contributed by atoms with Crippen molar-refractivity contribution in [1.29, 1.82) is 0 Å². The first kappa shape index (κ1) is 16.2. The Labute approximate surface area is 128 Å². The molecule has 22 heavy (non-hydrogen) atoms. The number of carboxylic acid groups (broad SMARTS) is 1. The fourth-order valence-electron chi connectivity index (χ4n) is 1.93. The lowest BCUT2D eigenvalue weighted by Gasteiger charge is -2.13. The molecule has 2 aromatic rings. The van der Waals surface area contributed by atoms with Gasteiger partial charge in [-0.1, -0.05) is 30.3 Å². The summed E-state index contributed by atoms with van der Waals surface area (Å²) in [4.78, 5) is 15.3. The second-order valence-corrected chi connectivity index (χ2v) is 6.60. The average Bonchev–Trinajstić information content (AvgIpc) is 2.80. The van der Waals surface area contributed by atoms with Gasteiger partial charge < -0.3 is 9.67 Å². The number of rotatable bonds is 6. The third-order valence-corrected chi connectivity index (χ3v) is 4.58. The van der Waals surface area contributed by atoms with Gasteiger partial charge in [0.1, 0.15) is 11.9 Å². The number of carboxylic acids is 1. The Hall–Kier alpha value is -2.19. The van der Waals surface area contributed by atoms with Crippen LogP contribution in [0, 0.1) is 6.92 Å². The molecule has 1 aromatic carbocycles. The second kappa shape index (κ2) is 6.29. The van der Waals surface area contributed by atoms with Gasteiger partial charge in [0.15, 0.2) is 5.03 Å². The number of aryl methyl sites for hydroxylation is 2. The summed E-state index contributed by atoms with van der Waals surface area (Å²) in [6.45, 7) is 1.66. The molecule has 8 heteroatoms. The molecule has 1 atom stereocenters. The first-order chi connectivity index (χ1) is 10.3. The largest absolute Gasteiger partial charge is 0.480 e. The minimum Gasteiger partial charge on any atom is -0.480 e. The molecule has 0 amide bonds. The summed E-state index contributed by atoms with van der Waals surface area (Å²) in [6, 6.07) is 7.58. The number of carbonyl (C=O) groups is 1. The summed E-state index contributed by atoms with van der Waals surface area (Å²) in [5, 5.41) is 9.06. The molecule has 2 rings (SSSR count). The first-order valence-electron chi connectivity index (χ1n) is 6.58. The molecule has 118 valence electrons. The maximum Gasteiger partial charge on any atom is 0.322 e. The summed E-state index contributed by atoms with van der Waals surface area (Å²) in [5.74, 6) is -0.713. The van der Waals surface area contributed by atoms with E-state index in [0.29, 0.717) is 5.82 Å². The first-order valence-corrected chi connectivity index (χ1v) is 8.07. The van der Waals surface area contributed by atoms with E-state index in [1.807, 2.05) is 0 Å². The summed E-state index contributed by atoms with van der Waals surface area (Å²) in [5.41, 5.74) is 0.731. The van der Waals surface area contributed by atoms with E-state index in [0.717, 1.165) is 5.56 Å². The van der Waals surface area contributed by atoms with Crippen LogP contribution in [0.2, 0.25) is 0 Å². The average molecular weight is 323 g/mol. The molecular formula is C14H17N3O4S. The van der Waals surface area contributed by atoms with Crippen molar-refractivity contribution in [3.8, 4) is 0 Å². The third kappa shape index (κ3) is 3.71. The van der Waals surface area contributed by atoms with Gasteiger partial charge in [0.2, 0.25) is 0 Å². The molecule has 0 saturated carbocycles. The molecule has 0 fully saturated rings. The van der Waals surface area contributed by atoms with Crippen LogP contribution < -0.4 is 4.72 Å². The quantitative estimate of drug-likeness (QED) is 0.815. The second-order valence-electron chi connectivity index (χ2n) is 4.94. The highest BCUT2D eigenvalue weighted by molar-refractivity contribution is 7.89. The number of aromatic nitrogens is 2. The topological polar surface area (TPSA) is 101 Å². The van der Waals surface area contributed by atoms with E-state index in [9.17, 15) is 18.3 Å². The summed E-state index contributed by atoms with van der Waals surface area (Å²) >= 11 is 0. The van der Waals surface area contributed by atoms with Crippen molar-refractivity contribution in [3.05, 3.63) is 47.9 Å². The van der Waals surface area contributed by atoms with Crippen LogP contribution in [0.4, 0.5) is 0 Å². The smallest absolute Gasteiger partial charge is 0.322 e. The number of nitrogens with one attached hydrogen (secondary N) is 1. The number of hydrogen-bond acceptors (Lipinski definition) is 4. The monoisotopic (exact) mass is 323 g/mol. The van der Waals surface area contributed by atoms with Gasteiger partial charge in [-0.2, -0.15) is 4.72 Å². The van der Waals surface area contributed by atoms with Gasteiger partial charge in [-0.05, 0) is 18.9 Å². The molecule has 0 aliphatic rings. The van der Waals surface area contributed by atoms with Crippen LogP contribution in [0.5, 0.6) is 0 Å². The molecule has 0 aliphatic heterocycles. The Bertz CT molecular complexity index is 749. The van der Waals surface area contributed by atoms with Crippen molar-refractivity contribution < 1.29 is 18.3 Å². The molecule has 7 nitrogen and oxygen atoms in total. The summed E-state index contributed by atoms with van der Waals surface area (Å²) < 4.78 is 28.3. The predicted octanol–water partition coefficient (Wildman–Crippen LogP) is 0.703. The van der Waals surface area contributed by atoms with Gasteiger partial charge in [0.05, 0.1) is 0 Å². The van der Waals surface area contributed by atoms with Gasteiger partial charge in [-0.3, -0.25) is 4.79 Å². The van der Waals surface area contributed by atoms with Crippen molar-refractivity contribution >= 4 is 16.0 Å². The molecule has 0 unspecified atom stereocenters. The lowest BCUT2D eigenvalue weighted by molar-refractivity contribution is -0.138. The Balaban J connectivity index is 2.22. The van der Waals surface area contributed by atoms with Crippen LogP contribution in [0.25, 0.3) is 0 Å². The SMILES string of the molecule is Cc1nc(S(=O)(=O)N[C@@H](Cc2ccccc2)C(=O)O)cn1C. The number of sulfonamides is 1. The normalized spacial score (nSPS) is 13.0. The maximum atomic E-state index is 12.3. The molecule has 0 aliphatic carbocycles. The van der Waals surface area contributed by atoms with Crippen LogP contribution in [0.3, 0.4) is 0 Å². The zero-order chi connectivity index (χ0) is 16.3. The van der Waals surface area contributed by atoms with Gasteiger partial charge in [0.25, 0.3) is 10.0 Å². The van der Waals surface area contributed by atoms with Gasteiger partial charge in [-0.15, -0.1) is 0 Å². The maximum absolute atomic E-state index is 12.3. The van der Waals surface area contributed by atoms with E-state index in [1.165, 1.54) is 6.20 Å². The van der Waals surface area contributed by atoms with Gasteiger partial charge >= 0.3 is 5.97 Å². The number of nitrogens with zero attached hydrogens (tertiary/aromatic N) is 2. The van der Waals surface area contributed by atoms with Crippen molar-refractivity contribution in [3.63, 3.8) is 0 Å². The zero-order valence-corrected chi connectivity index (χ0v) is 13.0. The Morgan fingerprint density at radius 1 is 1.36 bits per heavy atom. The van der Waals surface area contributed by atoms with Crippen molar-refractivity contribution in [2.24, 2.45) is 7.05 Å². The molecule has 1 aromatic heterocycles. The minimum absolute atomic E-state index is 0.0568. The Morgan fingerprint density at radius 2 is 2.00 bits per heavy atom. The molecular weight excluding hydrogens is 306 g/mol. The lowest BCUT2D eigenvalue weighted by Crippen LogP contribution is -2.42. The standard InChI is InChI=1S/C14H17N3O4S/c1-10-15-13(9-17(10)2)22(20,21)16-12(14(18)19)8-11-6-4-3-5-7-11/h3-7,9,12,16H,8H2,1-2H3,(H,18,19)/t12-/m0/s1. The van der Waals surface area contributed by atoms with Crippen LogP contribution in [-0.4, -0.2) is 35.1 Å². The zero-order valence-electron chi connectivity index (χ0n) is 12.2. The number of imidazole rings is 1. The van der Waals surface area contributed by atoms with Gasteiger partial charge in [-0.25, -0.2) is 13.4 Å². The molecule has 1 heterocycles. The number of hydrogen-bond donors (Lipinski definition) is 2. The Kier molecular flexibility index (Phi) is 4.62. The highest BCUT2D eigenvalue weighted by atomic mass is 32.2. The fourth-order valence-corrected chi connectivity index (χ4v) is 3.16. The van der Waals surface area contributed by atoms with Crippen molar-refractivity contribution in [2.45, 2.75) is 24.4 Å². The molecule has 0 radical (unpaired) electrons. The minimum atomic E-state index is -3.99. The number of aliphatic carboxylic acids is 1.